The van der Waals surface area contributed by atoms with E-state index in [9.17, 15) is 9.59 Å². The number of benzene rings is 1. The lowest BCUT2D eigenvalue weighted by molar-refractivity contribution is -0.136. The van der Waals surface area contributed by atoms with E-state index in [1.807, 2.05) is 30.3 Å². The van der Waals surface area contributed by atoms with Crippen LogP contribution in [-0.4, -0.2) is 30.1 Å². The van der Waals surface area contributed by atoms with Gasteiger partial charge in [0.05, 0.1) is 12.3 Å². The van der Waals surface area contributed by atoms with Gasteiger partial charge in [-0.1, -0.05) is 30.3 Å². The molecule has 0 saturated carbocycles. The van der Waals surface area contributed by atoms with E-state index in [2.05, 4.69) is 5.32 Å². The zero-order valence-corrected chi connectivity index (χ0v) is 9.43. The third-order valence-corrected chi connectivity index (χ3v) is 2.39. The highest BCUT2D eigenvalue weighted by atomic mass is 16.4. The summed E-state index contributed by atoms with van der Waals surface area (Å²) in [6.45, 7) is 0.320. The number of hydrogen-bond donors (Lipinski definition) is 3. The summed E-state index contributed by atoms with van der Waals surface area (Å²) in [5.41, 5.74) is 6.40. The first-order valence-corrected chi connectivity index (χ1v) is 5.39. The van der Waals surface area contributed by atoms with Gasteiger partial charge in [-0.3, -0.25) is 9.59 Å². The Hall–Kier alpha value is -1.88. The second-order valence-corrected chi connectivity index (χ2v) is 3.63. The van der Waals surface area contributed by atoms with Crippen LogP contribution in [0.4, 0.5) is 0 Å². The first-order chi connectivity index (χ1) is 8.15. The molecule has 92 valence electrons. The van der Waals surface area contributed by atoms with Crippen LogP contribution in [0.2, 0.25) is 0 Å². The number of amides is 1. The van der Waals surface area contributed by atoms with Crippen LogP contribution in [0.15, 0.2) is 30.3 Å². The molecule has 5 nitrogen and oxygen atoms in total. The maximum atomic E-state index is 11.8. The molecule has 0 aliphatic rings. The Morgan fingerprint density at radius 3 is 2.47 bits per heavy atom. The molecule has 0 aliphatic carbocycles. The summed E-state index contributed by atoms with van der Waals surface area (Å²) in [6, 6.07) is 9.19. The number of carbonyl (C=O) groups excluding carboxylic acids is 1. The van der Waals surface area contributed by atoms with Gasteiger partial charge in [0.15, 0.2) is 0 Å². The molecule has 1 amide bonds. The van der Waals surface area contributed by atoms with Crippen molar-refractivity contribution < 1.29 is 14.7 Å². The molecule has 1 atom stereocenters. The van der Waals surface area contributed by atoms with Gasteiger partial charge in [-0.05, 0) is 5.56 Å². The summed E-state index contributed by atoms with van der Waals surface area (Å²) in [4.78, 5) is 22.1. The zero-order valence-electron chi connectivity index (χ0n) is 9.43. The highest BCUT2D eigenvalue weighted by molar-refractivity contribution is 5.84. The predicted molar refractivity (Wildman–Crippen MR) is 63.5 cm³/mol. The van der Waals surface area contributed by atoms with E-state index in [0.29, 0.717) is 0 Å². The molecule has 17 heavy (non-hydrogen) atoms. The third kappa shape index (κ3) is 4.24. The van der Waals surface area contributed by atoms with E-state index in [0.717, 1.165) is 5.56 Å². The normalized spacial score (nSPS) is 11.8. The minimum atomic E-state index is -0.936. The molecule has 1 aromatic rings. The van der Waals surface area contributed by atoms with Crippen molar-refractivity contribution in [2.75, 3.05) is 13.1 Å². The van der Waals surface area contributed by atoms with Crippen molar-refractivity contribution in [1.29, 1.82) is 0 Å². The van der Waals surface area contributed by atoms with Gasteiger partial charge in [-0.15, -0.1) is 0 Å². The maximum Gasteiger partial charge on any atom is 0.305 e. The Balaban J connectivity index is 2.56. The molecular weight excluding hydrogens is 220 g/mol. The van der Waals surface area contributed by atoms with Crippen molar-refractivity contribution in [1.82, 2.24) is 5.32 Å². The average Bonchev–Trinajstić information content (AvgIpc) is 2.31. The van der Waals surface area contributed by atoms with E-state index >= 15 is 0 Å². The van der Waals surface area contributed by atoms with Gasteiger partial charge >= 0.3 is 5.97 Å². The van der Waals surface area contributed by atoms with Gasteiger partial charge in [0.1, 0.15) is 0 Å². The van der Waals surface area contributed by atoms with Gasteiger partial charge in [-0.25, -0.2) is 0 Å². The quantitative estimate of drug-likeness (QED) is 0.663. The highest BCUT2D eigenvalue weighted by Crippen LogP contribution is 2.13. The number of aliphatic carboxylic acids is 1. The van der Waals surface area contributed by atoms with Crippen molar-refractivity contribution in [2.45, 2.75) is 12.3 Å². The summed E-state index contributed by atoms with van der Waals surface area (Å²) < 4.78 is 0. The van der Waals surface area contributed by atoms with Gasteiger partial charge < -0.3 is 16.2 Å². The number of carbonyl (C=O) groups is 2. The van der Waals surface area contributed by atoms with Gasteiger partial charge in [0, 0.05) is 13.1 Å². The molecule has 1 rings (SSSR count). The molecule has 0 aromatic heterocycles. The van der Waals surface area contributed by atoms with Crippen molar-refractivity contribution >= 4 is 11.9 Å². The van der Waals surface area contributed by atoms with E-state index in [-0.39, 0.29) is 25.4 Å². The van der Waals surface area contributed by atoms with Gasteiger partial charge in [0.25, 0.3) is 0 Å². The Morgan fingerprint density at radius 2 is 1.94 bits per heavy atom. The number of carboxylic acids is 1. The van der Waals surface area contributed by atoms with Crippen molar-refractivity contribution in [3.05, 3.63) is 35.9 Å². The first-order valence-electron chi connectivity index (χ1n) is 5.39. The van der Waals surface area contributed by atoms with Gasteiger partial charge in [0.2, 0.25) is 5.91 Å². The summed E-state index contributed by atoms with van der Waals surface area (Å²) in [5.74, 6) is -1.60. The summed E-state index contributed by atoms with van der Waals surface area (Å²) >= 11 is 0. The van der Waals surface area contributed by atoms with Crippen molar-refractivity contribution in [3.8, 4) is 0 Å². The fourth-order valence-corrected chi connectivity index (χ4v) is 1.50. The molecule has 0 saturated heterocycles. The lowest BCUT2D eigenvalue weighted by atomic mass is 9.98. The minimum Gasteiger partial charge on any atom is -0.481 e. The predicted octanol–water partition coefficient (Wildman–Crippen LogP) is 0.320. The largest absolute Gasteiger partial charge is 0.481 e. The molecule has 0 bridgehead atoms. The van der Waals surface area contributed by atoms with Crippen LogP contribution in [-0.2, 0) is 9.59 Å². The summed E-state index contributed by atoms with van der Waals surface area (Å²) in [5, 5.41) is 11.0. The smallest absolute Gasteiger partial charge is 0.305 e. The molecule has 1 aromatic carbocycles. The van der Waals surface area contributed by atoms with Crippen LogP contribution in [0.1, 0.15) is 17.9 Å². The Labute approximate surface area is 99.6 Å². The Kier molecular flexibility index (Phi) is 5.16. The number of nitrogens with one attached hydrogen (secondary N) is 1. The lowest BCUT2D eigenvalue weighted by Crippen LogP contribution is -2.34. The summed E-state index contributed by atoms with van der Waals surface area (Å²) in [6.07, 6.45) is -0.0855. The van der Waals surface area contributed by atoms with Crippen LogP contribution >= 0.6 is 0 Å². The van der Waals surface area contributed by atoms with Crippen LogP contribution in [0, 0.1) is 0 Å². The molecule has 1 unspecified atom stereocenters. The van der Waals surface area contributed by atoms with E-state index < -0.39 is 11.9 Å². The second kappa shape index (κ2) is 6.65. The fourth-order valence-electron chi connectivity index (χ4n) is 1.50. The van der Waals surface area contributed by atoms with Crippen LogP contribution in [0.5, 0.6) is 0 Å². The number of nitrogens with two attached hydrogens (primary N) is 1. The molecule has 0 fully saturated rings. The molecular formula is C12H16N2O3. The standard InChI is InChI=1S/C12H16N2O3/c13-8-10(9-4-2-1-3-5-9)12(17)14-7-6-11(15)16/h1-5,10H,6-8,13H2,(H,14,17)(H,15,16). The molecule has 5 heteroatoms. The number of rotatable bonds is 6. The maximum absolute atomic E-state index is 11.8. The van der Waals surface area contributed by atoms with Gasteiger partial charge in [-0.2, -0.15) is 0 Å². The Bertz CT molecular complexity index is 379. The molecule has 0 aliphatic heterocycles. The fraction of sp³-hybridized carbons (Fsp3) is 0.333. The van der Waals surface area contributed by atoms with E-state index in [4.69, 9.17) is 10.8 Å². The molecule has 0 radical (unpaired) electrons. The SMILES string of the molecule is NCC(C(=O)NCCC(=O)O)c1ccccc1. The Morgan fingerprint density at radius 1 is 1.29 bits per heavy atom. The number of carboxylic acid groups (broad SMARTS) is 1. The third-order valence-electron chi connectivity index (χ3n) is 2.39. The van der Waals surface area contributed by atoms with Crippen molar-refractivity contribution in [3.63, 3.8) is 0 Å². The van der Waals surface area contributed by atoms with Crippen LogP contribution in [0.3, 0.4) is 0 Å². The molecule has 4 N–H and O–H groups in total. The van der Waals surface area contributed by atoms with Crippen LogP contribution < -0.4 is 11.1 Å². The topological polar surface area (TPSA) is 92.4 Å². The molecule has 0 spiro atoms. The number of hydrogen-bond acceptors (Lipinski definition) is 3. The van der Waals surface area contributed by atoms with Crippen LogP contribution in [0.25, 0.3) is 0 Å². The zero-order chi connectivity index (χ0) is 12.7. The second-order valence-electron chi connectivity index (χ2n) is 3.63. The van der Waals surface area contributed by atoms with Crippen molar-refractivity contribution in [2.24, 2.45) is 5.73 Å². The highest BCUT2D eigenvalue weighted by Gasteiger charge is 2.18. The van der Waals surface area contributed by atoms with E-state index in [1.54, 1.807) is 0 Å². The lowest BCUT2D eigenvalue weighted by Gasteiger charge is -2.14. The summed E-state index contributed by atoms with van der Waals surface area (Å²) in [7, 11) is 0. The molecule has 0 heterocycles. The monoisotopic (exact) mass is 236 g/mol. The first kappa shape index (κ1) is 13.2. The average molecular weight is 236 g/mol. The van der Waals surface area contributed by atoms with E-state index in [1.165, 1.54) is 0 Å². The minimum absolute atomic E-state index is 0.0855.